The maximum absolute atomic E-state index is 12.4. The first kappa shape index (κ1) is 51.9. The van der Waals surface area contributed by atoms with Crippen LogP contribution < -0.4 is 9.47 Å². The van der Waals surface area contributed by atoms with Crippen molar-refractivity contribution in [2.45, 2.75) is 219 Å². The first-order valence-electron chi connectivity index (χ1n) is 24.9. The lowest BCUT2D eigenvalue weighted by Crippen LogP contribution is -1.97. The molecule has 2 rings (SSSR count). The van der Waals surface area contributed by atoms with Gasteiger partial charge in [-0.1, -0.05) is 243 Å². The van der Waals surface area contributed by atoms with Crippen LogP contribution in [0, 0.1) is 0 Å². The summed E-state index contributed by atoms with van der Waals surface area (Å²) in [5.74, 6) is 1.36. The van der Waals surface area contributed by atoms with E-state index >= 15 is 0 Å². The first-order chi connectivity index (χ1) is 29.1. The summed E-state index contributed by atoms with van der Waals surface area (Å²) >= 11 is 0. The molecular weight excluding hydrogens is 725 g/mol. The molecule has 4 nitrogen and oxygen atoms in total. The topological polar surface area (TPSA) is 55.8 Å². The molecule has 0 aromatic heterocycles. The van der Waals surface area contributed by atoms with E-state index in [0.29, 0.717) is 0 Å². The van der Waals surface area contributed by atoms with Crippen molar-refractivity contribution in [3.8, 4) is 11.5 Å². The van der Waals surface area contributed by atoms with Gasteiger partial charge in [-0.3, -0.25) is 4.79 Å². The van der Waals surface area contributed by atoms with E-state index in [4.69, 9.17) is 9.47 Å². The van der Waals surface area contributed by atoms with Gasteiger partial charge in [0.2, 0.25) is 0 Å². The zero-order valence-corrected chi connectivity index (χ0v) is 38.2. The molecule has 2 aromatic carbocycles. The summed E-state index contributed by atoms with van der Waals surface area (Å²) in [5.41, 5.74) is 1.84. The van der Waals surface area contributed by atoms with Gasteiger partial charge in [0.25, 0.3) is 0 Å². The molecule has 0 bridgehead atoms. The van der Waals surface area contributed by atoms with Crippen molar-refractivity contribution in [2.75, 3.05) is 13.2 Å². The predicted octanol–water partition coefficient (Wildman–Crippen LogP) is 17.7. The number of unbranched alkanes of at least 4 members (excludes halogenated alkanes) is 30. The quantitative estimate of drug-likeness (QED) is 0.0314. The minimum absolute atomic E-state index is 0.0821. The Morgan fingerprint density at radius 3 is 0.983 bits per heavy atom. The average molecular weight is 813 g/mol. The molecule has 0 amide bonds. The zero-order valence-electron chi connectivity index (χ0n) is 38.2. The van der Waals surface area contributed by atoms with Crippen molar-refractivity contribution in [2.24, 2.45) is 0 Å². The van der Waals surface area contributed by atoms with Crippen LogP contribution in [0.15, 0.2) is 72.5 Å². The molecule has 0 atom stereocenters. The Bertz CT molecular complexity index is 1320. The minimum Gasteiger partial charge on any atom is -0.508 e. The van der Waals surface area contributed by atoms with Gasteiger partial charge in [0.15, 0.2) is 5.78 Å². The number of benzene rings is 2. The van der Waals surface area contributed by atoms with Crippen LogP contribution in [0.1, 0.15) is 230 Å². The molecule has 0 aliphatic rings. The van der Waals surface area contributed by atoms with E-state index in [1.807, 2.05) is 48.5 Å². The van der Waals surface area contributed by atoms with Gasteiger partial charge in [0.1, 0.15) is 17.3 Å². The standard InChI is InChI=1S/C55H88O4/c1-3-5-7-9-11-13-15-17-19-21-23-25-27-29-31-33-47-58-54-43-37-50(38-44-54)35-41-52(56)49-53(57)42-36-51-39-45-55(46-40-51)59-48-34-32-30-28-26-24-22-20-18-16-14-12-10-8-6-4-2/h35-46,49,56H,3-34,47-48H2,1-2H3/b41-35+,42-36+,52-49-. The molecule has 0 aliphatic heterocycles. The van der Waals surface area contributed by atoms with Gasteiger partial charge in [0.05, 0.1) is 13.2 Å². The van der Waals surface area contributed by atoms with Crippen molar-refractivity contribution >= 4 is 17.9 Å². The Morgan fingerprint density at radius 1 is 0.407 bits per heavy atom. The molecule has 332 valence electrons. The molecule has 0 radical (unpaired) electrons. The molecule has 0 saturated heterocycles. The van der Waals surface area contributed by atoms with Crippen LogP contribution in [0.5, 0.6) is 11.5 Å². The Kier molecular flexibility index (Phi) is 34.2. The first-order valence-corrected chi connectivity index (χ1v) is 24.9. The number of ether oxygens (including phenoxy) is 2. The predicted molar refractivity (Wildman–Crippen MR) is 257 cm³/mol. The lowest BCUT2D eigenvalue weighted by Gasteiger charge is -2.07. The summed E-state index contributed by atoms with van der Waals surface area (Å²) in [6.07, 6.45) is 51.5. The van der Waals surface area contributed by atoms with Gasteiger partial charge >= 0.3 is 0 Å². The molecule has 0 spiro atoms. The van der Waals surface area contributed by atoms with Crippen LogP contribution in [0.3, 0.4) is 0 Å². The molecule has 2 aromatic rings. The summed E-state index contributed by atoms with van der Waals surface area (Å²) in [6, 6.07) is 15.6. The van der Waals surface area contributed by atoms with Gasteiger partial charge in [-0.2, -0.15) is 0 Å². The number of carbonyl (C=O) groups is 1. The van der Waals surface area contributed by atoms with Crippen molar-refractivity contribution < 1.29 is 19.4 Å². The third-order valence-corrected chi connectivity index (χ3v) is 11.5. The van der Waals surface area contributed by atoms with E-state index in [2.05, 4.69) is 13.8 Å². The van der Waals surface area contributed by atoms with E-state index in [0.717, 1.165) is 48.7 Å². The smallest absolute Gasteiger partial charge is 0.182 e. The SMILES string of the molecule is CCCCCCCCCCCCCCCCCCOc1ccc(/C=C/C(=O)/C=C(O)/C=C/c2ccc(OCCCCCCCCCCCCCCCCCC)cc2)cc1. The van der Waals surface area contributed by atoms with Crippen LogP contribution in [-0.2, 0) is 4.79 Å². The maximum atomic E-state index is 12.4. The van der Waals surface area contributed by atoms with Crippen LogP contribution in [-0.4, -0.2) is 24.1 Å². The number of rotatable bonds is 41. The third kappa shape index (κ3) is 32.2. The Labute approximate surface area is 363 Å². The second-order valence-electron chi connectivity index (χ2n) is 17.1. The number of allylic oxidation sites excluding steroid dienone is 3. The molecule has 0 saturated carbocycles. The fraction of sp³-hybridized carbons (Fsp3) is 0.655. The third-order valence-electron chi connectivity index (χ3n) is 11.5. The van der Waals surface area contributed by atoms with Crippen molar-refractivity contribution in [1.82, 2.24) is 0 Å². The van der Waals surface area contributed by atoms with Gasteiger partial charge in [0, 0.05) is 6.08 Å². The second-order valence-corrected chi connectivity index (χ2v) is 17.1. The van der Waals surface area contributed by atoms with Gasteiger partial charge in [-0.15, -0.1) is 0 Å². The van der Waals surface area contributed by atoms with Crippen LogP contribution in [0.2, 0.25) is 0 Å². The highest BCUT2D eigenvalue weighted by molar-refractivity contribution is 6.02. The fourth-order valence-corrected chi connectivity index (χ4v) is 7.63. The normalized spacial score (nSPS) is 11.9. The zero-order chi connectivity index (χ0) is 42.1. The van der Waals surface area contributed by atoms with Gasteiger partial charge in [-0.25, -0.2) is 0 Å². The van der Waals surface area contributed by atoms with Crippen molar-refractivity contribution in [3.63, 3.8) is 0 Å². The monoisotopic (exact) mass is 813 g/mol. The molecular formula is C55H88O4. The molecule has 1 N–H and O–H groups in total. The fourth-order valence-electron chi connectivity index (χ4n) is 7.63. The molecule has 0 fully saturated rings. The Morgan fingerprint density at radius 2 is 0.678 bits per heavy atom. The molecule has 59 heavy (non-hydrogen) atoms. The second kappa shape index (κ2) is 38.9. The summed E-state index contributed by atoms with van der Waals surface area (Å²) in [5, 5.41) is 10.3. The van der Waals surface area contributed by atoms with Crippen molar-refractivity contribution in [3.05, 3.63) is 83.6 Å². The number of aliphatic hydroxyl groups excluding tert-OH is 1. The largest absolute Gasteiger partial charge is 0.508 e. The summed E-state index contributed by atoms with van der Waals surface area (Å²) < 4.78 is 11.9. The lowest BCUT2D eigenvalue weighted by atomic mass is 10.0. The highest BCUT2D eigenvalue weighted by Gasteiger charge is 2.00. The van der Waals surface area contributed by atoms with Gasteiger partial charge in [-0.05, 0) is 60.4 Å². The van der Waals surface area contributed by atoms with Gasteiger partial charge < -0.3 is 14.6 Å². The summed E-state index contributed by atoms with van der Waals surface area (Å²) in [7, 11) is 0. The Balaban J connectivity index is 1.46. The van der Waals surface area contributed by atoms with E-state index in [1.165, 1.54) is 205 Å². The molecule has 0 heterocycles. The minimum atomic E-state index is -0.270. The van der Waals surface area contributed by atoms with Crippen molar-refractivity contribution in [1.29, 1.82) is 0 Å². The highest BCUT2D eigenvalue weighted by atomic mass is 16.5. The van der Waals surface area contributed by atoms with E-state index < -0.39 is 0 Å². The number of hydrogen-bond acceptors (Lipinski definition) is 4. The maximum Gasteiger partial charge on any atom is 0.182 e. The average Bonchev–Trinajstić information content (AvgIpc) is 3.25. The molecule has 4 heteroatoms. The Hall–Kier alpha value is -3.27. The highest BCUT2D eigenvalue weighted by Crippen LogP contribution is 2.18. The summed E-state index contributed by atoms with van der Waals surface area (Å²) in [6.45, 7) is 6.05. The number of aliphatic hydroxyl groups is 1. The molecule has 0 aliphatic carbocycles. The van der Waals surface area contributed by atoms with E-state index in [-0.39, 0.29) is 11.5 Å². The number of ketones is 1. The molecule has 0 unspecified atom stereocenters. The lowest BCUT2D eigenvalue weighted by molar-refractivity contribution is -0.110. The van der Waals surface area contributed by atoms with Crippen LogP contribution >= 0.6 is 0 Å². The van der Waals surface area contributed by atoms with Crippen LogP contribution in [0.25, 0.3) is 12.2 Å². The number of carbonyl (C=O) groups excluding carboxylic acids is 1. The number of hydrogen-bond donors (Lipinski definition) is 1. The van der Waals surface area contributed by atoms with E-state index in [9.17, 15) is 9.90 Å². The van der Waals surface area contributed by atoms with E-state index in [1.54, 1.807) is 18.2 Å². The summed E-state index contributed by atoms with van der Waals surface area (Å²) in [4.78, 5) is 12.4. The van der Waals surface area contributed by atoms with Crippen LogP contribution in [0.4, 0.5) is 0 Å².